The first-order chi connectivity index (χ1) is 8.45. The van der Waals surface area contributed by atoms with Crippen LogP contribution >= 0.6 is 11.8 Å². The summed E-state index contributed by atoms with van der Waals surface area (Å²) < 4.78 is 0.445. The van der Waals surface area contributed by atoms with Gasteiger partial charge in [-0.25, -0.2) is 0 Å². The first kappa shape index (κ1) is 14.7. The van der Waals surface area contributed by atoms with Crippen LogP contribution in [-0.4, -0.2) is 40.6 Å². The van der Waals surface area contributed by atoms with Gasteiger partial charge in [-0.05, 0) is 25.7 Å². The normalized spacial score (nSPS) is 29.3. The molecule has 0 aromatic rings. The minimum atomic E-state index is 0.242. The Labute approximate surface area is 117 Å². The second kappa shape index (κ2) is 5.72. The van der Waals surface area contributed by atoms with Crippen molar-refractivity contribution in [2.45, 2.75) is 63.2 Å². The molecule has 0 aromatic carbocycles. The van der Waals surface area contributed by atoms with E-state index in [0.717, 1.165) is 12.5 Å². The number of nitrogens with zero attached hydrogens (tertiary/aromatic N) is 1. The maximum atomic E-state index is 6.14. The molecule has 1 aliphatic heterocycles. The van der Waals surface area contributed by atoms with Gasteiger partial charge in [-0.15, -0.1) is 0 Å². The van der Waals surface area contributed by atoms with Gasteiger partial charge in [0, 0.05) is 35.7 Å². The van der Waals surface area contributed by atoms with E-state index in [0.29, 0.717) is 4.75 Å². The molecule has 2 nitrogen and oxygen atoms in total. The van der Waals surface area contributed by atoms with Gasteiger partial charge in [-0.1, -0.05) is 33.1 Å². The van der Waals surface area contributed by atoms with Crippen LogP contribution in [0.4, 0.5) is 0 Å². The predicted molar refractivity (Wildman–Crippen MR) is 82.1 cm³/mol. The van der Waals surface area contributed by atoms with E-state index < -0.39 is 0 Å². The Kier molecular flexibility index (Phi) is 4.66. The fourth-order valence-corrected chi connectivity index (χ4v) is 4.32. The molecule has 2 aliphatic rings. The molecular formula is C15H30N2S. The van der Waals surface area contributed by atoms with Crippen molar-refractivity contribution in [3.05, 3.63) is 0 Å². The van der Waals surface area contributed by atoms with Gasteiger partial charge in [0.15, 0.2) is 0 Å². The zero-order valence-corrected chi connectivity index (χ0v) is 13.2. The van der Waals surface area contributed by atoms with Crippen LogP contribution in [0.2, 0.25) is 0 Å². The molecule has 1 unspecified atom stereocenters. The van der Waals surface area contributed by atoms with Crippen LogP contribution in [-0.2, 0) is 0 Å². The highest BCUT2D eigenvalue weighted by Gasteiger charge is 2.37. The maximum Gasteiger partial charge on any atom is 0.0306 e. The average molecular weight is 270 g/mol. The number of hydrogen-bond donors (Lipinski definition) is 1. The molecule has 1 saturated carbocycles. The monoisotopic (exact) mass is 270 g/mol. The fraction of sp³-hybridized carbons (Fsp3) is 1.00. The molecule has 0 aromatic heterocycles. The first-order valence-corrected chi connectivity index (χ1v) is 8.53. The van der Waals surface area contributed by atoms with Gasteiger partial charge >= 0.3 is 0 Å². The van der Waals surface area contributed by atoms with Gasteiger partial charge in [0.05, 0.1) is 0 Å². The molecule has 3 heteroatoms. The van der Waals surface area contributed by atoms with Crippen molar-refractivity contribution in [1.29, 1.82) is 0 Å². The van der Waals surface area contributed by atoms with E-state index in [9.17, 15) is 0 Å². The van der Waals surface area contributed by atoms with Crippen LogP contribution in [0.5, 0.6) is 0 Å². The Bertz CT molecular complexity index is 276. The summed E-state index contributed by atoms with van der Waals surface area (Å²) in [5, 5.41) is 0. The second-order valence-electron chi connectivity index (χ2n) is 7.05. The molecule has 1 saturated heterocycles. The molecule has 1 heterocycles. The standard InChI is InChI=1S/C15H30N2S/c1-14(2)7-8-17(9-10-18-14)15(3,12-16)11-13-5-4-6-13/h13H,4-12,16H2,1-3H3. The van der Waals surface area contributed by atoms with E-state index in [1.54, 1.807) is 0 Å². The van der Waals surface area contributed by atoms with E-state index >= 15 is 0 Å². The summed E-state index contributed by atoms with van der Waals surface area (Å²) in [5.74, 6) is 2.20. The highest BCUT2D eigenvalue weighted by atomic mass is 32.2. The van der Waals surface area contributed by atoms with Crippen molar-refractivity contribution < 1.29 is 0 Å². The van der Waals surface area contributed by atoms with Gasteiger partial charge < -0.3 is 5.73 Å². The zero-order valence-electron chi connectivity index (χ0n) is 12.4. The van der Waals surface area contributed by atoms with Crippen LogP contribution in [0, 0.1) is 5.92 Å². The third-order valence-electron chi connectivity index (χ3n) is 4.99. The molecule has 1 atom stereocenters. The zero-order chi connectivity index (χ0) is 13.2. The first-order valence-electron chi connectivity index (χ1n) is 7.54. The summed E-state index contributed by atoms with van der Waals surface area (Å²) in [7, 11) is 0. The van der Waals surface area contributed by atoms with Crippen molar-refractivity contribution in [1.82, 2.24) is 4.90 Å². The smallest absolute Gasteiger partial charge is 0.0306 e. The summed E-state index contributed by atoms with van der Waals surface area (Å²) in [6, 6.07) is 0. The maximum absolute atomic E-state index is 6.14. The predicted octanol–water partition coefficient (Wildman–Crippen LogP) is 3.11. The van der Waals surface area contributed by atoms with E-state index in [1.807, 2.05) is 0 Å². The molecule has 0 spiro atoms. The van der Waals surface area contributed by atoms with E-state index in [4.69, 9.17) is 5.73 Å². The molecule has 2 fully saturated rings. The van der Waals surface area contributed by atoms with Crippen LogP contribution in [0.25, 0.3) is 0 Å². The average Bonchev–Trinajstić information content (AvgIpc) is 2.45. The minimum Gasteiger partial charge on any atom is -0.329 e. The summed E-state index contributed by atoms with van der Waals surface area (Å²) in [6.07, 6.45) is 6.91. The Morgan fingerprint density at radius 1 is 1.33 bits per heavy atom. The highest BCUT2D eigenvalue weighted by Crippen LogP contribution is 2.38. The largest absolute Gasteiger partial charge is 0.329 e. The van der Waals surface area contributed by atoms with Gasteiger partial charge in [0.25, 0.3) is 0 Å². The van der Waals surface area contributed by atoms with Gasteiger partial charge in [-0.3, -0.25) is 4.90 Å². The van der Waals surface area contributed by atoms with Crippen molar-refractivity contribution in [3.63, 3.8) is 0 Å². The van der Waals surface area contributed by atoms with Crippen LogP contribution < -0.4 is 5.73 Å². The molecule has 2 N–H and O–H groups in total. The van der Waals surface area contributed by atoms with E-state index in [1.165, 1.54) is 50.9 Å². The van der Waals surface area contributed by atoms with Crippen molar-refractivity contribution in [2.24, 2.45) is 11.7 Å². The molecule has 1 aliphatic carbocycles. The summed E-state index contributed by atoms with van der Waals surface area (Å²) in [4.78, 5) is 2.69. The quantitative estimate of drug-likeness (QED) is 0.851. The third kappa shape index (κ3) is 3.43. The number of thioether (sulfide) groups is 1. The third-order valence-corrected chi connectivity index (χ3v) is 6.37. The Morgan fingerprint density at radius 2 is 2.06 bits per heavy atom. The number of hydrogen-bond acceptors (Lipinski definition) is 3. The van der Waals surface area contributed by atoms with Gasteiger partial charge in [0.1, 0.15) is 0 Å². The lowest BCUT2D eigenvalue weighted by Crippen LogP contribution is -2.54. The van der Waals surface area contributed by atoms with E-state index in [-0.39, 0.29) is 5.54 Å². The lowest BCUT2D eigenvalue weighted by Gasteiger charge is -2.44. The van der Waals surface area contributed by atoms with Gasteiger partial charge in [-0.2, -0.15) is 11.8 Å². The lowest BCUT2D eigenvalue weighted by molar-refractivity contribution is 0.0725. The molecule has 18 heavy (non-hydrogen) atoms. The summed E-state index contributed by atoms with van der Waals surface area (Å²) in [6.45, 7) is 10.4. The van der Waals surface area contributed by atoms with Crippen molar-refractivity contribution in [3.8, 4) is 0 Å². The summed E-state index contributed by atoms with van der Waals surface area (Å²) >= 11 is 2.13. The fourth-order valence-electron chi connectivity index (χ4n) is 3.22. The number of nitrogens with two attached hydrogens (primary N) is 1. The van der Waals surface area contributed by atoms with E-state index in [2.05, 4.69) is 37.4 Å². The Balaban J connectivity index is 1.97. The SMILES string of the molecule is CC1(C)CCN(C(C)(CN)CC2CCC2)CCS1. The highest BCUT2D eigenvalue weighted by molar-refractivity contribution is 8.00. The Hall–Kier alpha value is 0.270. The molecule has 106 valence electrons. The second-order valence-corrected chi connectivity index (χ2v) is 8.85. The molecule has 0 bridgehead atoms. The van der Waals surface area contributed by atoms with Crippen LogP contribution in [0.15, 0.2) is 0 Å². The molecular weight excluding hydrogens is 240 g/mol. The molecule has 0 radical (unpaired) electrons. The van der Waals surface area contributed by atoms with Crippen LogP contribution in [0.3, 0.4) is 0 Å². The van der Waals surface area contributed by atoms with Gasteiger partial charge in [0.2, 0.25) is 0 Å². The number of rotatable bonds is 4. The topological polar surface area (TPSA) is 29.3 Å². The lowest BCUT2D eigenvalue weighted by atomic mass is 9.76. The Morgan fingerprint density at radius 3 is 2.61 bits per heavy atom. The molecule has 0 amide bonds. The molecule has 2 rings (SSSR count). The van der Waals surface area contributed by atoms with Crippen molar-refractivity contribution >= 4 is 11.8 Å². The summed E-state index contributed by atoms with van der Waals surface area (Å²) in [5.41, 5.74) is 6.38. The minimum absolute atomic E-state index is 0.242. The van der Waals surface area contributed by atoms with Crippen molar-refractivity contribution in [2.75, 3.05) is 25.4 Å². The van der Waals surface area contributed by atoms with Crippen LogP contribution in [0.1, 0.15) is 52.9 Å².